The van der Waals surface area contributed by atoms with Crippen LogP contribution in [-0.2, 0) is 0 Å². The monoisotopic (exact) mass is 305 g/mol. The first-order valence-electron chi connectivity index (χ1n) is 7.40. The Kier molecular flexibility index (Phi) is 4.42. The molecule has 0 saturated carbocycles. The highest BCUT2D eigenvalue weighted by Crippen LogP contribution is 2.27. The van der Waals surface area contributed by atoms with Crippen molar-refractivity contribution in [3.63, 3.8) is 0 Å². The molecule has 120 valence electrons. The van der Waals surface area contributed by atoms with Crippen molar-refractivity contribution in [3.8, 4) is 0 Å². The lowest BCUT2D eigenvalue weighted by Crippen LogP contribution is -2.49. The van der Waals surface area contributed by atoms with Gasteiger partial charge in [-0.3, -0.25) is 4.79 Å². The number of hydrogen-bond donors (Lipinski definition) is 3. The molecule has 0 radical (unpaired) electrons. The van der Waals surface area contributed by atoms with Gasteiger partial charge in [0.2, 0.25) is 5.91 Å². The summed E-state index contributed by atoms with van der Waals surface area (Å²) in [6.45, 7) is 5.81. The Bertz CT molecular complexity index is 593. The summed E-state index contributed by atoms with van der Waals surface area (Å²) in [6, 6.07) is 4.56. The zero-order valence-electron chi connectivity index (χ0n) is 13.2. The number of urea groups is 1. The van der Waals surface area contributed by atoms with Gasteiger partial charge in [0.1, 0.15) is 0 Å². The first-order chi connectivity index (χ1) is 10.2. The topological polar surface area (TPSA) is 95.7 Å². The average Bonchev–Trinajstić information content (AvgIpc) is 2.90. The maximum atomic E-state index is 12.4. The third-order valence-corrected chi connectivity index (χ3v) is 4.08. The van der Waals surface area contributed by atoms with E-state index in [9.17, 15) is 14.7 Å². The van der Waals surface area contributed by atoms with Crippen molar-refractivity contribution in [2.24, 2.45) is 5.73 Å². The third kappa shape index (κ3) is 3.39. The lowest BCUT2D eigenvalue weighted by molar-refractivity contribution is 0.0117. The fourth-order valence-electron chi connectivity index (χ4n) is 2.90. The lowest BCUT2D eigenvalue weighted by atomic mass is 9.97. The molecule has 0 aliphatic carbocycles. The summed E-state index contributed by atoms with van der Waals surface area (Å²) in [5, 5.41) is 12.9. The molecule has 6 heteroatoms. The molecule has 0 spiro atoms. The van der Waals surface area contributed by atoms with Gasteiger partial charge < -0.3 is 21.1 Å². The second-order valence-corrected chi connectivity index (χ2v) is 6.33. The summed E-state index contributed by atoms with van der Waals surface area (Å²) in [5.74, 6) is -0.524. The molecule has 3 amide bonds. The van der Waals surface area contributed by atoms with Crippen LogP contribution in [0.5, 0.6) is 0 Å². The van der Waals surface area contributed by atoms with Crippen LogP contribution in [-0.4, -0.2) is 40.1 Å². The molecule has 4 N–H and O–H groups in total. The van der Waals surface area contributed by atoms with Gasteiger partial charge in [-0.05, 0) is 51.3 Å². The molecular weight excluding hydrogens is 282 g/mol. The Hall–Kier alpha value is -2.08. The van der Waals surface area contributed by atoms with E-state index in [-0.39, 0.29) is 12.1 Å². The number of carbonyl (C=O) groups excluding carboxylic acids is 2. The number of amides is 3. The largest absolute Gasteiger partial charge is 0.388 e. The first-order valence-corrected chi connectivity index (χ1v) is 7.40. The van der Waals surface area contributed by atoms with Crippen molar-refractivity contribution in [3.05, 3.63) is 29.3 Å². The highest BCUT2D eigenvalue weighted by molar-refractivity contribution is 5.97. The van der Waals surface area contributed by atoms with E-state index in [0.29, 0.717) is 17.8 Å². The van der Waals surface area contributed by atoms with Crippen LogP contribution in [0.3, 0.4) is 0 Å². The molecule has 1 unspecified atom stereocenters. The van der Waals surface area contributed by atoms with E-state index in [4.69, 9.17) is 5.73 Å². The number of likely N-dealkylation sites (tertiary alicyclic amines) is 1. The SMILES string of the molecule is Cc1ccc(NC(=O)N2CCCC2C(C)(C)O)cc1C(N)=O. The summed E-state index contributed by atoms with van der Waals surface area (Å²) in [6.07, 6.45) is 1.64. The molecule has 1 aromatic rings. The fraction of sp³-hybridized carbons (Fsp3) is 0.500. The number of nitrogens with zero attached hydrogens (tertiary/aromatic N) is 1. The van der Waals surface area contributed by atoms with Crippen LogP contribution >= 0.6 is 0 Å². The van der Waals surface area contributed by atoms with Gasteiger partial charge >= 0.3 is 6.03 Å². The smallest absolute Gasteiger partial charge is 0.322 e. The predicted molar refractivity (Wildman–Crippen MR) is 84.7 cm³/mol. The number of nitrogens with two attached hydrogens (primary N) is 1. The molecule has 2 rings (SSSR count). The van der Waals surface area contributed by atoms with Gasteiger partial charge in [-0.15, -0.1) is 0 Å². The van der Waals surface area contributed by atoms with E-state index >= 15 is 0 Å². The summed E-state index contributed by atoms with van der Waals surface area (Å²) in [7, 11) is 0. The summed E-state index contributed by atoms with van der Waals surface area (Å²) < 4.78 is 0. The van der Waals surface area contributed by atoms with Gasteiger partial charge in [0, 0.05) is 17.8 Å². The normalized spacial score (nSPS) is 18.4. The van der Waals surface area contributed by atoms with Gasteiger partial charge in [0.15, 0.2) is 0 Å². The number of hydrogen-bond acceptors (Lipinski definition) is 3. The molecule has 1 atom stereocenters. The standard InChI is InChI=1S/C16H23N3O3/c1-10-6-7-11(9-12(10)14(17)20)18-15(21)19-8-4-5-13(19)16(2,3)22/h6-7,9,13,22H,4-5,8H2,1-3H3,(H2,17,20)(H,18,21). The van der Waals surface area contributed by atoms with E-state index in [2.05, 4.69) is 5.32 Å². The summed E-state index contributed by atoms with van der Waals surface area (Å²) in [4.78, 5) is 25.4. The highest BCUT2D eigenvalue weighted by Gasteiger charge is 2.38. The third-order valence-electron chi connectivity index (χ3n) is 4.08. The van der Waals surface area contributed by atoms with Gasteiger partial charge in [-0.1, -0.05) is 6.07 Å². The van der Waals surface area contributed by atoms with Crippen molar-refractivity contribution in [1.82, 2.24) is 4.90 Å². The molecule has 1 heterocycles. The molecule has 6 nitrogen and oxygen atoms in total. The maximum absolute atomic E-state index is 12.4. The number of nitrogens with one attached hydrogen (secondary N) is 1. The Morgan fingerprint density at radius 2 is 2.09 bits per heavy atom. The van der Waals surface area contributed by atoms with Crippen LogP contribution < -0.4 is 11.1 Å². The number of anilines is 1. The minimum absolute atomic E-state index is 0.214. The highest BCUT2D eigenvalue weighted by atomic mass is 16.3. The number of primary amides is 1. The number of carbonyl (C=O) groups is 2. The van der Waals surface area contributed by atoms with Crippen LogP contribution in [0.2, 0.25) is 0 Å². The Morgan fingerprint density at radius 1 is 1.41 bits per heavy atom. The molecule has 1 saturated heterocycles. The molecule has 22 heavy (non-hydrogen) atoms. The number of aryl methyl sites for hydroxylation is 1. The van der Waals surface area contributed by atoms with Crippen LogP contribution in [0.4, 0.5) is 10.5 Å². The average molecular weight is 305 g/mol. The van der Waals surface area contributed by atoms with Crippen LogP contribution in [0.25, 0.3) is 0 Å². The summed E-state index contributed by atoms with van der Waals surface area (Å²) >= 11 is 0. The fourth-order valence-corrected chi connectivity index (χ4v) is 2.90. The Balaban J connectivity index is 2.15. The van der Waals surface area contributed by atoms with Crippen molar-refractivity contribution in [2.75, 3.05) is 11.9 Å². The maximum Gasteiger partial charge on any atom is 0.322 e. The van der Waals surface area contributed by atoms with E-state index in [1.54, 1.807) is 43.9 Å². The molecule has 1 aromatic carbocycles. The van der Waals surface area contributed by atoms with Crippen LogP contribution in [0, 0.1) is 6.92 Å². The summed E-state index contributed by atoms with van der Waals surface area (Å²) in [5.41, 5.74) is 6.05. The zero-order valence-corrected chi connectivity index (χ0v) is 13.2. The van der Waals surface area contributed by atoms with Crippen molar-refractivity contribution in [1.29, 1.82) is 0 Å². The van der Waals surface area contributed by atoms with Crippen LogP contribution in [0.15, 0.2) is 18.2 Å². The quantitative estimate of drug-likeness (QED) is 0.795. The first kappa shape index (κ1) is 16.3. The molecule has 0 bridgehead atoms. The molecule has 1 fully saturated rings. The van der Waals surface area contributed by atoms with E-state index < -0.39 is 11.5 Å². The van der Waals surface area contributed by atoms with E-state index in [0.717, 1.165) is 18.4 Å². The van der Waals surface area contributed by atoms with Crippen molar-refractivity contribution < 1.29 is 14.7 Å². The van der Waals surface area contributed by atoms with Gasteiger partial charge in [-0.2, -0.15) is 0 Å². The minimum atomic E-state index is -0.945. The number of aliphatic hydroxyl groups is 1. The molecule has 1 aliphatic rings. The van der Waals surface area contributed by atoms with Crippen molar-refractivity contribution in [2.45, 2.75) is 45.3 Å². The molecular formula is C16H23N3O3. The lowest BCUT2D eigenvalue weighted by Gasteiger charge is -2.33. The number of benzene rings is 1. The second-order valence-electron chi connectivity index (χ2n) is 6.33. The Labute approximate surface area is 130 Å². The molecule has 0 aromatic heterocycles. The zero-order chi connectivity index (χ0) is 16.5. The van der Waals surface area contributed by atoms with Gasteiger partial charge in [-0.25, -0.2) is 4.79 Å². The Morgan fingerprint density at radius 3 is 2.68 bits per heavy atom. The second kappa shape index (κ2) is 5.96. The van der Waals surface area contributed by atoms with Gasteiger partial charge in [0.25, 0.3) is 0 Å². The minimum Gasteiger partial charge on any atom is -0.388 e. The van der Waals surface area contributed by atoms with E-state index in [1.807, 2.05) is 0 Å². The van der Waals surface area contributed by atoms with E-state index in [1.165, 1.54) is 0 Å². The van der Waals surface area contributed by atoms with Crippen molar-refractivity contribution >= 4 is 17.6 Å². The predicted octanol–water partition coefficient (Wildman–Crippen LogP) is 1.86. The van der Waals surface area contributed by atoms with Crippen LogP contribution in [0.1, 0.15) is 42.6 Å². The number of rotatable bonds is 3. The van der Waals surface area contributed by atoms with Gasteiger partial charge in [0.05, 0.1) is 11.6 Å². The molecule has 1 aliphatic heterocycles.